The zero-order chi connectivity index (χ0) is 9.54. The Kier molecular flexibility index (Phi) is 89.7. The van der Waals surface area contributed by atoms with Gasteiger partial charge >= 0.3 is 39.7 Å². The molecular weight excluding hydrogens is 196 g/mol. The minimum atomic E-state index is 0. The van der Waals surface area contributed by atoms with Crippen LogP contribution in [0, 0.1) is 20.2 Å². The van der Waals surface area contributed by atoms with Crippen molar-refractivity contribution in [1.29, 1.82) is 0 Å². The first-order valence-electron chi connectivity index (χ1n) is 2.78. The van der Waals surface area contributed by atoms with E-state index < -0.39 is 0 Å². The van der Waals surface area contributed by atoms with E-state index in [1.165, 1.54) is 0 Å². The van der Waals surface area contributed by atoms with Crippen LogP contribution in [-0.4, -0.2) is 0 Å². The van der Waals surface area contributed by atoms with Crippen molar-refractivity contribution in [2.75, 3.05) is 0 Å². The largest absolute Gasteiger partial charge is 6.00 e. The van der Waals surface area contributed by atoms with Gasteiger partial charge in [0.05, 0.1) is 0 Å². The van der Waals surface area contributed by atoms with Crippen molar-refractivity contribution in [2.45, 2.75) is 6.92 Å². The third-order valence-electron chi connectivity index (χ3n) is 0.556. The fourth-order valence-corrected chi connectivity index (χ4v) is 0.321. The third kappa shape index (κ3) is 34.5. The summed E-state index contributed by atoms with van der Waals surface area (Å²) >= 11 is 0. The van der Waals surface area contributed by atoms with E-state index in [0.29, 0.717) is 0 Å². The van der Waals surface area contributed by atoms with Gasteiger partial charge < -0.3 is 6.92 Å². The Morgan fingerprint density at radius 3 is 1.33 bits per heavy atom. The minimum absolute atomic E-state index is 0. The van der Waals surface area contributed by atoms with E-state index in [9.17, 15) is 0 Å². The summed E-state index contributed by atoms with van der Waals surface area (Å²) in [5.41, 5.74) is 0. The van der Waals surface area contributed by atoms with Crippen LogP contribution in [0.2, 0.25) is 0 Å². The number of hydrogen-bond donors (Lipinski definition) is 0. The summed E-state index contributed by atoms with van der Waals surface area (Å²) in [5, 5.41) is 0. The summed E-state index contributed by atoms with van der Waals surface area (Å²) in [6.07, 6.45) is 0. The first-order valence-corrected chi connectivity index (χ1v) is 2.78. The van der Waals surface area contributed by atoms with Crippen LogP contribution in [-0.2, 0) is 26.4 Å². The molecule has 0 aromatic heterocycles. The first kappa shape index (κ1) is 22.5. The van der Waals surface area contributed by atoms with Crippen LogP contribution in [0.15, 0.2) is 30.3 Å². The maximum absolute atomic E-state index is 7.50. The molecule has 0 fully saturated rings. The Balaban J connectivity index is -0.0000000406. The van der Waals surface area contributed by atoms with Crippen LogP contribution in [0.4, 0.5) is 0 Å². The predicted molar refractivity (Wildman–Crippen MR) is 40.9 cm³/mol. The molecule has 0 N–H and O–H groups in total. The van der Waals surface area contributed by atoms with Gasteiger partial charge in [-0.1, -0.05) is 0 Å². The molecule has 0 aliphatic heterocycles. The molecule has 1 rings (SSSR count). The summed E-state index contributed by atoms with van der Waals surface area (Å²) < 4.78 is 15.0. The average molecular weight is 206 g/mol. The van der Waals surface area contributed by atoms with Gasteiger partial charge in [-0.05, 0) is 0 Å². The quantitative estimate of drug-likeness (QED) is 0.354. The predicted octanol–water partition coefficient (Wildman–Crippen LogP) is 2.17. The summed E-state index contributed by atoms with van der Waals surface area (Å²) in [4.78, 5) is 0. The van der Waals surface area contributed by atoms with Gasteiger partial charge in [-0.25, -0.2) is 12.1 Å². The van der Waals surface area contributed by atoms with Gasteiger partial charge in [0.15, 0.2) is 0 Å². The molecule has 0 aliphatic rings. The molecule has 62 valence electrons. The Morgan fingerprint density at radius 2 is 1.25 bits per heavy atom. The van der Waals surface area contributed by atoms with Crippen LogP contribution in [0.1, 0.15) is 6.92 Å². The molecule has 2 nitrogen and oxygen atoms in total. The first-order chi connectivity index (χ1) is 5.50. The number of hydrogen-bond acceptors (Lipinski definition) is 0. The van der Waals surface area contributed by atoms with Gasteiger partial charge in [-0.2, -0.15) is 25.1 Å². The Morgan fingerprint density at radius 1 is 1.00 bits per heavy atom. The zero-order valence-corrected chi connectivity index (χ0v) is 7.87. The second-order valence-electron chi connectivity index (χ2n) is 0.962. The van der Waals surface area contributed by atoms with Gasteiger partial charge in [-0.15, -0.1) is 0 Å². The molecule has 0 unspecified atom stereocenters. The van der Waals surface area contributed by atoms with Gasteiger partial charge in [-0.3, -0.25) is 0 Å². The fraction of sp³-hybridized carbons (Fsp3) is 0.111. The van der Waals surface area contributed by atoms with Gasteiger partial charge in [0.2, 0.25) is 0 Å². The molecule has 3 heteroatoms. The molecule has 0 radical (unpaired) electrons. The van der Waals surface area contributed by atoms with E-state index in [1.54, 1.807) is 6.92 Å². The Hall–Kier alpha value is -0.651. The van der Waals surface area contributed by atoms with Crippen molar-refractivity contribution in [3.63, 3.8) is 0 Å². The molecule has 0 saturated carbocycles. The van der Waals surface area contributed by atoms with Crippen molar-refractivity contribution in [1.82, 2.24) is 0 Å². The third-order valence-corrected chi connectivity index (χ3v) is 0.556. The van der Waals surface area contributed by atoms with E-state index in [2.05, 4.69) is 20.2 Å². The molecule has 1 aromatic carbocycles. The fourth-order valence-electron chi connectivity index (χ4n) is 0.321. The molecule has 0 atom stereocenters. The van der Waals surface area contributed by atoms with E-state index in [4.69, 9.17) is 9.30 Å². The smallest absolute Gasteiger partial charge is 0.346 e. The SMILES string of the molecule is [C-]#[O+].[C-]#[O+].[CH2-]C.[Fe+6].c1cc[cH-]c1. The summed E-state index contributed by atoms with van der Waals surface area (Å²) in [6.45, 7) is 14.0. The zero-order valence-electron chi connectivity index (χ0n) is 6.76. The van der Waals surface area contributed by atoms with E-state index in [0.717, 1.165) is 0 Å². The van der Waals surface area contributed by atoms with E-state index in [1.807, 2.05) is 30.3 Å². The molecular formula is C9H10FeO2+4. The molecule has 0 bridgehead atoms. The van der Waals surface area contributed by atoms with Crippen LogP contribution < -0.4 is 0 Å². The molecule has 0 saturated heterocycles. The minimum Gasteiger partial charge on any atom is -0.346 e. The molecule has 0 spiro atoms. The van der Waals surface area contributed by atoms with Crippen molar-refractivity contribution in [2.24, 2.45) is 0 Å². The summed E-state index contributed by atoms with van der Waals surface area (Å²) in [7, 11) is 0. The normalized spacial score (nSPS) is 4.17. The maximum atomic E-state index is 7.50. The van der Waals surface area contributed by atoms with E-state index in [-0.39, 0.29) is 17.1 Å². The summed E-state index contributed by atoms with van der Waals surface area (Å²) in [5.74, 6) is 0. The van der Waals surface area contributed by atoms with Crippen LogP contribution in [0.25, 0.3) is 0 Å². The standard InChI is InChI=1S/C5H5.C2H5.2CO.Fe/c1-2-4-5-3-1;3*1-2;/h1-5H;1H2,2H3;;;/q2*-1;;;+6. The second-order valence-corrected chi connectivity index (χ2v) is 0.962. The van der Waals surface area contributed by atoms with Gasteiger partial charge in [0.25, 0.3) is 0 Å². The van der Waals surface area contributed by atoms with Crippen LogP contribution >= 0.6 is 0 Å². The van der Waals surface area contributed by atoms with Crippen LogP contribution in [0.3, 0.4) is 0 Å². The van der Waals surface area contributed by atoms with Crippen LogP contribution in [0.5, 0.6) is 0 Å². The van der Waals surface area contributed by atoms with Crippen molar-refractivity contribution >= 4 is 0 Å². The molecule has 1 aromatic rings. The molecule has 0 aliphatic carbocycles. The topological polar surface area (TPSA) is 39.8 Å². The van der Waals surface area contributed by atoms with Crippen molar-refractivity contribution < 1.29 is 26.4 Å². The van der Waals surface area contributed by atoms with Crippen molar-refractivity contribution in [3.05, 3.63) is 50.6 Å². The second kappa shape index (κ2) is 47.8. The van der Waals surface area contributed by atoms with E-state index >= 15 is 0 Å². The molecule has 12 heavy (non-hydrogen) atoms. The molecule has 0 amide bonds. The average Bonchev–Trinajstić information content (AvgIpc) is 2.71. The Labute approximate surface area is 84.3 Å². The monoisotopic (exact) mass is 206 g/mol. The Bertz CT molecular complexity index is 119. The summed E-state index contributed by atoms with van der Waals surface area (Å²) in [6, 6.07) is 10.0. The van der Waals surface area contributed by atoms with Gasteiger partial charge in [0, 0.05) is 0 Å². The van der Waals surface area contributed by atoms with Gasteiger partial charge in [0.1, 0.15) is 0 Å². The van der Waals surface area contributed by atoms with Crippen molar-refractivity contribution in [3.8, 4) is 0 Å². The molecule has 0 heterocycles. The number of rotatable bonds is 0. The maximum Gasteiger partial charge on any atom is 6.00 e.